The van der Waals surface area contributed by atoms with Crippen LogP contribution in [0, 0.1) is 0 Å². The number of rotatable bonds is 7. The van der Waals surface area contributed by atoms with E-state index >= 15 is 0 Å². The number of nitrogens with zero attached hydrogens (tertiary/aromatic N) is 4. The number of imide groups is 1. The minimum absolute atomic E-state index is 0.0846. The fourth-order valence-corrected chi connectivity index (χ4v) is 3.16. The molecule has 0 aliphatic carbocycles. The lowest BCUT2D eigenvalue weighted by Gasteiger charge is -2.25. The van der Waals surface area contributed by atoms with E-state index in [1.165, 1.54) is 4.90 Å². The van der Waals surface area contributed by atoms with Gasteiger partial charge in [0.05, 0.1) is 12.2 Å². The molecule has 1 aromatic heterocycles. The molecular weight excluding hydrogens is 340 g/mol. The molecular formula is C16H26N6O2S. The minimum Gasteiger partial charge on any atom is -0.357 e. The summed E-state index contributed by atoms with van der Waals surface area (Å²) in [6, 6.07) is 0. The highest BCUT2D eigenvalue weighted by atomic mass is 32.1. The topological polar surface area (TPSA) is 89.9 Å². The maximum Gasteiger partial charge on any atom is 0.229 e. The summed E-state index contributed by atoms with van der Waals surface area (Å²) in [5.41, 5.74) is 0.910. The van der Waals surface area contributed by atoms with E-state index in [9.17, 15) is 9.59 Å². The summed E-state index contributed by atoms with van der Waals surface area (Å²) in [5.74, 6) is 0.483. The third-order valence-electron chi connectivity index (χ3n) is 3.68. The molecule has 2 heterocycles. The zero-order chi connectivity index (χ0) is 18.2. The Morgan fingerprint density at radius 1 is 1.32 bits per heavy atom. The number of guanidine groups is 1. The molecule has 2 N–H and O–H groups in total. The van der Waals surface area contributed by atoms with E-state index in [4.69, 9.17) is 0 Å². The lowest BCUT2D eigenvalue weighted by atomic mass is 10.1. The summed E-state index contributed by atoms with van der Waals surface area (Å²) in [6.45, 7) is 4.03. The van der Waals surface area contributed by atoms with Gasteiger partial charge in [0, 0.05) is 52.0 Å². The summed E-state index contributed by atoms with van der Waals surface area (Å²) < 4.78 is 0. The van der Waals surface area contributed by atoms with Crippen molar-refractivity contribution < 1.29 is 9.59 Å². The summed E-state index contributed by atoms with van der Waals surface area (Å²) in [5, 5.41) is 9.27. The Kier molecular flexibility index (Phi) is 7.17. The van der Waals surface area contributed by atoms with Gasteiger partial charge in [-0.1, -0.05) is 0 Å². The van der Waals surface area contributed by atoms with Crippen molar-refractivity contribution in [2.45, 2.75) is 32.7 Å². The van der Waals surface area contributed by atoms with E-state index < -0.39 is 0 Å². The second kappa shape index (κ2) is 9.36. The highest BCUT2D eigenvalue weighted by Gasteiger charge is 2.25. The Morgan fingerprint density at radius 3 is 2.64 bits per heavy atom. The van der Waals surface area contributed by atoms with E-state index in [1.807, 2.05) is 31.3 Å². The maximum atomic E-state index is 11.8. The van der Waals surface area contributed by atoms with Gasteiger partial charge in [-0.05, 0) is 13.3 Å². The first kappa shape index (κ1) is 19.2. The lowest BCUT2D eigenvalue weighted by Crippen LogP contribution is -2.46. The average Bonchev–Trinajstić information content (AvgIpc) is 3.04. The highest BCUT2D eigenvalue weighted by Crippen LogP contribution is 2.18. The van der Waals surface area contributed by atoms with Crippen LogP contribution >= 0.6 is 11.3 Å². The molecule has 1 aliphatic rings. The molecule has 1 fully saturated rings. The first-order valence-corrected chi connectivity index (χ1v) is 9.36. The molecule has 8 nitrogen and oxygen atoms in total. The number of hydrogen-bond donors (Lipinski definition) is 2. The zero-order valence-corrected chi connectivity index (χ0v) is 15.9. The highest BCUT2D eigenvalue weighted by molar-refractivity contribution is 7.13. The molecule has 2 amide bonds. The number of carbonyl (C=O) groups excluding carboxylic acids is 2. The number of aromatic nitrogens is 1. The van der Waals surface area contributed by atoms with Gasteiger partial charge in [0.2, 0.25) is 11.8 Å². The number of anilines is 1. The molecule has 0 aromatic carbocycles. The van der Waals surface area contributed by atoms with Crippen molar-refractivity contribution in [1.82, 2.24) is 20.5 Å². The van der Waals surface area contributed by atoms with E-state index in [0.29, 0.717) is 44.9 Å². The van der Waals surface area contributed by atoms with Gasteiger partial charge in [0.25, 0.3) is 0 Å². The normalized spacial score (nSPS) is 15.5. The van der Waals surface area contributed by atoms with E-state index in [-0.39, 0.29) is 11.8 Å². The maximum absolute atomic E-state index is 11.8. The quantitative estimate of drug-likeness (QED) is 0.422. The fraction of sp³-hybridized carbons (Fsp3) is 0.625. The number of amides is 2. The predicted molar refractivity (Wildman–Crippen MR) is 99.8 cm³/mol. The second-order valence-electron chi connectivity index (χ2n) is 5.93. The predicted octanol–water partition coefficient (Wildman–Crippen LogP) is 0.803. The first-order chi connectivity index (χ1) is 12.0. The monoisotopic (exact) mass is 366 g/mol. The molecule has 138 valence electrons. The molecule has 9 heteroatoms. The third-order valence-corrected chi connectivity index (χ3v) is 4.73. The SMILES string of the molecule is CCNC(=NCc1csc(N(C)C)n1)NCCN1C(=O)CCCC1=O. The van der Waals surface area contributed by atoms with E-state index in [0.717, 1.165) is 17.4 Å². The van der Waals surface area contributed by atoms with Gasteiger partial charge in [-0.3, -0.25) is 14.5 Å². The van der Waals surface area contributed by atoms with Crippen LogP contribution in [0.3, 0.4) is 0 Å². The smallest absolute Gasteiger partial charge is 0.229 e. The van der Waals surface area contributed by atoms with Crippen LogP contribution in [0.5, 0.6) is 0 Å². The molecule has 0 saturated carbocycles. The van der Waals surface area contributed by atoms with Crippen LogP contribution in [0.25, 0.3) is 0 Å². The number of aliphatic imine (C=N–C) groups is 1. The van der Waals surface area contributed by atoms with Crippen molar-refractivity contribution in [2.24, 2.45) is 4.99 Å². The van der Waals surface area contributed by atoms with Crippen molar-refractivity contribution in [3.05, 3.63) is 11.1 Å². The van der Waals surface area contributed by atoms with Gasteiger partial charge in [-0.2, -0.15) is 0 Å². The Labute approximate surface area is 152 Å². The molecule has 0 spiro atoms. The Morgan fingerprint density at radius 2 is 2.04 bits per heavy atom. The van der Waals surface area contributed by atoms with Gasteiger partial charge >= 0.3 is 0 Å². The van der Waals surface area contributed by atoms with Crippen molar-refractivity contribution >= 4 is 34.2 Å². The average molecular weight is 366 g/mol. The van der Waals surface area contributed by atoms with E-state index in [2.05, 4.69) is 20.6 Å². The minimum atomic E-state index is -0.0846. The summed E-state index contributed by atoms with van der Waals surface area (Å²) in [7, 11) is 3.92. The lowest BCUT2D eigenvalue weighted by molar-refractivity contribution is -0.147. The van der Waals surface area contributed by atoms with Gasteiger partial charge < -0.3 is 15.5 Å². The molecule has 0 unspecified atom stereocenters. The van der Waals surface area contributed by atoms with Gasteiger partial charge in [0.1, 0.15) is 0 Å². The Hall–Kier alpha value is -2.16. The molecule has 1 aliphatic heterocycles. The third kappa shape index (κ3) is 5.70. The Bertz CT molecular complexity index is 612. The molecule has 0 atom stereocenters. The van der Waals surface area contributed by atoms with Crippen molar-refractivity contribution in [3.8, 4) is 0 Å². The molecule has 0 radical (unpaired) electrons. The van der Waals surface area contributed by atoms with Gasteiger partial charge in [0.15, 0.2) is 11.1 Å². The van der Waals surface area contributed by atoms with Gasteiger partial charge in [-0.25, -0.2) is 9.98 Å². The number of piperidine rings is 1. The van der Waals surface area contributed by atoms with Crippen LogP contribution in [0.1, 0.15) is 31.9 Å². The molecule has 1 saturated heterocycles. The summed E-state index contributed by atoms with van der Waals surface area (Å²) >= 11 is 1.58. The molecule has 1 aromatic rings. The number of hydrogen-bond acceptors (Lipinski definition) is 6. The molecule has 2 rings (SSSR count). The second-order valence-corrected chi connectivity index (χ2v) is 6.77. The number of carbonyl (C=O) groups is 2. The van der Waals surface area contributed by atoms with Crippen molar-refractivity contribution in [3.63, 3.8) is 0 Å². The van der Waals surface area contributed by atoms with E-state index in [1.54, 1.807) is 11.3 Å². The van der Waals surface area contributed by atoms with Crippen LogP contribution in [-0.4, -0.2) is 61.4 Å². The van der Waals surface area contributed by atoms with Crippen LogP contribution in [-0.2, 0) is 16.1 Å². The van der Waals surface area contributed by atoms with Crippen LogP contribution in [0.15, 0.2) is 10.4 Å². The summed E-state index contributed by atoms with van der Waals surface area (Å²) in [4.78, 5) is 35.9. The zero-order valence-electron chi connectivity index (χ0n) is 15.0. The van der Waals surface area contributed by atoms with Crippen LogP contribution < -0.4 is 15.5 Å². The van der Waals surface area contributed by atoms with Gasteiger partial charge in [-0.15, -0.1) is 11.3 Å². The first-order valence-electron chi connectivity index (χ1n) is 8.48. The Balaban J connectivity index is 1.86. The van der Waals surface area contributed by atoms with Crippen molar-refractivity contribution in [1.29, 1.82) is 0 Å². The number of likely N-dealkylation sites (tertiary alicyclic amines) is 1. The summed E-state index contributed by atoms with van der Waals surface area (Å²) in [6.07, 6.45) is 1.57. The van der Waals surface area contributed by atoms with Crippen LogP contribution in [0.4, 0.5) is 5.13 Å². The molecule has 25 heavy (non-hydrogen) atoms. The molecule has 0 bridgehead atoms. The van der Waals surface area contributed by atoms with Crippen LogP contribution in [0.2, 0.25) is 0 Å². The fourth-order valence-electron chi connectivity index (χ4n) is 2.41. The number of thiazole rings is 1. The van der Waals surface area contributed by atoms with Crippen molar-refractivity contribution in [2.75, 3.05) is 38.6 Å². The standard InChI is InChI=1S/C16H26N6O2S/c1-4-17-15(19-10-12-11-25-16(20-12)21(2)3)18-8-9-22-13(23)6-5-7-14(22)24/h11H,4-10H2,1-3H3,(H2,17,18,19). The number of nitrogens with one attached hydrogen (secondary N) is 2. The largest absolute Gasteiger partial charge is 0.357 e.